The van der Waals surface area contributed by atoms with Crippen LogP contribution in [0, 0.1) is 11.3 Å². The third-order valence-corrected chi connectivity index (χ3v) is 5.62. The topological polar surface area (TPSA) is 120 Å². The molecule has 9 nitrogen and oxygen atoms in total. The smallest absolute Gasteiger partial charge is 0.339 e. The van der Waals surface area contributed by atoms with Gasteiger partial charge in [-0.25, -0.2) is 14.6 Å². The lowest BCUT2D eigenvalue weighted by molar-refractivity contribution is 0.0587. The first-order valence-electron chi connectivity index (χ1n) is 9.57. The first-order valence-corrected chi connectivity index (χ1v) is 10.5. The van der Waals surface area contributed by atoms with Crippen LogP contribution in [-0.2, 0) is 9.47 Å². The summed E-state index contributed by atoms with van der Waals surface area (Å²) in [5, 5.41) is 14.9. The number of benzene rings is 2. The number of esters is 2. The molecule has 1 aromatic heterocycles. The lowest BCUT2D eigenvalue weighted by Gasteiger charge is -2.10. The molecular weight excluding hydrogens is 446 g/mol. The highest BCUT2D eigenvalue weighted by Crippen LogP contribution is 2.36. The zero-order chi connectivity index (χ0) is 23.4. The van der Waals surface area contributed by atoms with Crippen LogP contribution < -0.4 is 14.8 Å². The van der Waals surface area contributed by atoms with Crippen molar-refractivity contribution in [3.8, 4) is 28.8 Å². The van der Waals surface area contributed by atoms with Gasteiger partial charge in [0.15, 0.2) is 11.5 Å². The van der Waals surface area contributed by atoms with E-state index in [2.05, 4.69) is 16.4 Å². The number of rotatable bonds is 6. The lowest BCUT2D eigenvalue weighted by Crippen LogP contribution is -2.08. The van der Waals surface area contributed by atoms with Crippen LogP contribution in [0.5, 0.6) is 11.5 Å². The highest BCUT2D eigenvalue weighted by Gasteiger charge is 2.17. The number of methoxy groups -OCH3 is 2. The molecule has 0 unspecified atom stereocenters. The molecule has 0 radical (unpaired) electrons. The molecule has 1 aliphatic heterocycles. The summed E-state index contributed by atoms with van der Waals surface area (Å²) in [7, 11) is 2.52. The maximum Gasteiger partial charge on any atom is 0.339 e. The number of nitriles is 1. The van der Waals surface area contributed by atoms with E-state index in [1.54, 1.807) is 0 Å². The molecule has 0 spiro atoms. The molecular formula is C23H17N3O6S. The van der Waals surface area contributed by atoms with E-state index in [0.29, 0.717) is 22.2 Å². The van der Waals surface area contributed by atoms with Crippen molar-refractivity contribution in [1.29, 1.82) is 5.26 Å². The van der Waals surface area contributed by atoms with Crippen LogP contribution in [0.4, 0.5) is 5.69 Å². The molecule has 4 rings (SSSR count). The average Bonchev–Trinajstić information content (AvgIpc) is 3.52. The fourth-order valence-electron chi connectivity index (χ4n) is 3.07. The molecule has 0 bridgehead atoms. The Bertz CT molecular complexity index is 1310. The van der Waals surface area contributed by atoms with Gasteiger partial charge in [0, 0.05) is 17.1 Å². The Labute approximate surface area is 192 Å². The summed E-state index contributed by atoms with van der Waals surface area (Å²) in [6.45, 7) is 0.179. The number of hydrogen-bond acceptors (Lipinski definition) is 10. The highest BCUT2D eigenvalue weighted by atomic mass is 32.1. The molecule has 1 aliphatic rings. The number of carbonyl (C=O) groups is 2. The minimum Gasteiger partial charge on any atom is -0.465 e. The molecule has 2 aromatic carbocycles. The van der Waals surface area contributed by atoms with E-state index in [4.69, 9.17) is 18.9 Å². The van der Waals surface area contributed by atoms with Crippen LogP contribution >= 0.6 is 11.3 Å². The maximum atomic E-state index is 12.1. The molecule has 0 amide bonds. The van der Waals surface area contributed by atoms with Crippen LogP contribution in [0.3, 0.4) is 0 Å². The number of nitrogens with zero attached hydrogens (tertiary/aromatic N) is 2. The third-order valence-electron chi connectivity index (χ3n) is 4.74. The van der Waals surface area contributed by atoms with Gasteiger partial charge in [0.2, 0.25) is 6.79 Å². The monoisotopic (exact) mass is 463 g/mol. The van der Waals surface area contributed by atoms with Crippen LogP contribution in [0.25, 0.3) is 16.8 Å². The predicted molar refractivity (Wildman–Crippen MR) is 120 cm³/mol. The van der Waals surface area contributed by atoms with E-state index in [0.717, 1.165) is 5.56 Å². The minimum absolute atomic E-state index is 0.179. The molecule has 10 heteroatoms. The normalized spacial score (nSPS) is 12.1. The Hall–Kier alpha value is -4.36. The Morgan fingerprint density at radius 1 is 1.12 bits per heavy atom. The van der Waals surface area contributed by atoms with Gasteiger partial charge in [0.05, 0.1) is 36.7 Å². The van der Waals surface area contributed by atoms with Crippen LogP contribution in [0.15, 0.2) is 48.0 Å². The van der Waals surface area contributed by atoms with E-state index in [-0.39, 0.29) is 29.2 Å². The Kier molecular flexibility index (Phi) is 6.24. The molecule has 0 saturated heterocycles. The SMILES string of the molecule is COC(=O)c1ccc(C(=O)OC)c(N/C=C(\C#N)c2nc(-c3ccc4c(c3)OCO4)cs2)c1. The second-order valence-corrected chi connectivity index (χ2v) is 7.52. The molecule has 33 heavy (non-hydrogen) atoms. The summed E-state index contributed by atoms with van der Waals surface area (Å²) in [4.78, 5) is 28.5. The summed E-state index contributed by atoms with van der Waals surface area (Å²) >= 11 is 1.29. The van der Waals surface area contributed by atoms with Crippen molar-refractivity contribution in [2.75, 3.05) is 26.3 Å². The summed E-state index contributed by atoms with van der Waals surface area (Å²) < 4.78 is 20.3. The number of anilines is 1. The fraction of sp³-hybridized carbons (Fsp3) is 0.130. The Morgan fingerprint density at radius 3 is 2.67 bits per heavy atom. The number of carbonyl (C=O) groups excluding carboxylic acids is 2. The molecule has 0 saturated carbocycles. The minimum atomic E-state index is -0.597. The van der Waals surface area contributed by atoms with Crippen molar-refractivity contribution in [1.82, 2.24) is 4.98 Å². The van der Waals surface area contributed by atoms with Gasteiger partial charge < -0.3 is 24.3 Å². The van der Waals surface area contributed by atoms with Gasteiger partial charge >= 0.3 is 11.9 Å². The molecule has 0 fully saturated rings. The van der Waals surface area contributed by atoms with Crippen molar-refractivity contribution >= 4 is 34.5 Å². The number of aromatic nitrogens is 1. The highest BCUT2D eigenvalue weighted by molar-refractivity contribution is 7.11. The van der Waals surface area contributed by atoms with Crippen molar-refractivity contribution in [2.45, 2.75) is 0 Å². The van der Waals surface area contributed by atoms with Gasteiger partial charge in [-0.05, 0) is 36.4 Å². The van der Waals surface area contributed by atoms with Gasteiger partial charge in [-0.15, -0.1) is 11.3 Å². The number of ether oxygens (including phenoxy) is 4. The van der Waals surface area contributed by atoms with E-state index in [1.807, 2.05) is 23.6 Å². The predicted octanol–water partition coefficient (Wildman–Crippen LogP) is 4.09. The molecule has 3 aromatic rings. The van der Waals surface area contributed by atoms with Gasteiger partial charge in [-0.2, -0.15) is 5.26 Å². The van der Waals surface area contributed by atoms with E-state index < -0.39 is 11.9 Å². The molecule has 166 valence electrons. The quantitative estimate of drug-likeness (QED) is 0.426. The van der Waals surface area contributed by atoms with Crippen molar-refractivity contribution in [2.24, 2.45) is 0 Å². The van der Waals surface area contributed by atoms with Crippen LogP contribution in [-0.4, -0.2) is 37.9 Å². The molecule has 0 aliphatic carbocycles. The van der Waals surface area contributed by atoms with Crippen molar-refractivity contribution in [3.05, 3.63) is 64.1 Å². The maximum absolute atomic E-state index is 12.1. The fourth-order valence-corrected chi connectivity index (χ4v) is 3.87. The number of allylic oxidation sites excluding steroid dienone is 1. The van der Waals surface area contributed by atoms with Gasteiger partial charge in [-0.3, -0.25) is 0 Å². The molecule has 2 heterocycles. The van der Waals surface area contributed by atoms with E-state index in [9.17, 15) is 14.9 Å². The van der Waals surface area contributed by atoms with Crippen molar-refractivity contribution in [3.63, 3.8) is 0 Å². The standard InChI is InChI=1S/C23H17N3O6S/c1-29-22(27)14-3-5-16(23(28)30-2)17(7-14)25-10-15(9-24)21-26-18(11-33-21)13-4-6-19-20(8-13)32-12-31-19/h3-8,10-11,25H,12H2,1-2H3/b15-10+. The summed E-state index contributed by atoms with van der Waals surface area (Å²) in [5.74, 6) is 0.152. The molecule has 1 N–H and O–H groups in total. The first-order chi connectivity index (χ1) is 16.0. The Balaban J connectivity index is 1.62. The first kappa shape index (κ1) is 21.9. The second kappa shape index (κ2) is 9.42. The molecule has 0 atom stereocenters. The largest absolute Gasteiger partial charge is 0.465 e. The van der Waals surface area contributed by atoms with Crippen LogP contribution in [0.1, 0.15) is 25.7 Å². The van der Waals surface area contributed by atoms with Gasteiger partial charge in [0.1, 0.15) is 16.6 Å². The number of nitrogens with one attached hydrogen (secondary N) is 1. The lowest BCUT2D eigenvalue weighted by atomic mass is 10.1. The zero-order valence-corrected chi connectivity index (χ0v) is 18.4. The van der Waals surface area contributed by atoms with Crippen LogP contribution in [0.2, 0.25) is 0 Å². The van der Waals surface area contributed by atoms with Crippen molar-refractivity contribution < 1.29 is 28.5 Å². The number of fused-ring (bicyclic) bond motifs is 1. The second-order valence-electron chi connectivity index (χ2n) is 6.66. The van der Waals surface area contributed by atoms with E-state index >= 15 is 0 Å². The van der Waals surface area contributed by atoms with E-state index in [1.165, 1.54) is 50.0 Å². The summed E-state index contributed by atoms with van der Waals surface area (Å²) in [6.07, 6.45) is 1.42. The zero-order valence-electron chi connectivity index (χ0n) is 17.6. The summed E-state index contributed by atoms with van der Waals surface area (Å²) in [5.41, 5.74) is 2.46. The third kappa shape index (κ3) is 4.49. The van der Waals surface area contributed by atoms with Gasteiger partial charge in [-0.1, -0.05) is 0 Å². The number of hydrogen-bond donors (Lipinski definition) is 1. The van der Waals surface area contributed by atoms with Gasteiger partial charge in [0.25, 0.3) is 0 Å². The Morgan fingerprint density at radius 2 is 1.91 bits per heavy atom. The number of thiazole rings is 1. The average molecular weight is 463 g/mol. The summed E-state index contributed by atoms with van der Waals surface area (Å²) in [6, 6.07) is 11.9.